The zero-order valence-electron chi connectivity index (χ0n) is 14.3. The molecule has 2 aromatic rings. The number of amides is 1. The quantitative estimate of drug-likeness (QED) is 0.561. The molecule has 140 valence electrons. The van der Waals surface area contributed by atoms with E-state index in [-0.39, 0.29) is 11.7 Å². The molecular formula is C19H20Cl2FNO2S. The summed E-state index contributed by atoms with van der Waals surface area (Å²) in [5.74, 6) is 1.07. The van der Waals surface area contributed by atoms with E-state index in [2.05, 4.69) is 5.32 Å². The molecule has 0 aromatic heterocycles. The molecule has 1 atom stereocenters. The lowest BCUT2D eigenvalue weighted by atomic mass is 10.2. The minimum Gasteiger partial charge on any atom is -0.479 e. The molecule has 0 spiro atoms. The molecule has 0 aliphatic carbocycles. The zero-order chi connectivity index (χ0) is 18.9. The van der Waals surface area contributed by atoms with Crippen LogP contribution in [0.2, 0.25) is 10.0 Å². The molecule has 0 saturated heterocycles. The van der Waals surface area contributed by atoms with E-state index in [4.69, 9.17) is 27.9 Å². The van der Waals surface area contributed by atoms with Crippen LogP contribution in [0.3, 0.4) is 0 Å². The van der Waals surface area contributed by atoms with E-state index < -0.39 is 6.10 Å². The van der Waals surface area contributed by atoms with Gasteiger partial charge in [-0.1, -0.05) is 48.3 Å². The van der Waals surface area contributed by atoms with E-state index >= 15 is 0 Å². The number of ether oxygens (including phenoxy) is 1. The lowest BCUT2D eigenvalue weighted by Crippen LogP contribution is -2.39. The van der Waals surface area contributed by atoms with Crippen LogP contribution in [-0.2, 0) is 10.5 Å². The van der Waals surface area contributed by atoms with Gasteiger partial charge in [-0.25, -0.2) is 4.39 Å². The van der Waals surface area contributed by atoms with Crippen molar-refractivity contribution >= 4 is 40.9 Å². The van der Waals surface area contributed by atoms with Crippen molar-refractivity contribution < 1.29 is 13.9 Å². The predicted octanol–water partition coefficient (Wildman–Crippen LogP) is 5.34. The molecule has 2 rings (SSSR count). The van der Waals surface area contributed by atoms with Crippen LogP contribution in [-0.4, -0.2) is 24.3 Å². The van der Waals surface area contributed by atoms with E-state index in [9.17, 15) is 9.18 Å². The van der Waals surface area contributed by atoms with Crippen LogP contribution in [0.25, 0.3) is 0 Å². The molecule has 3 nitrogen and oxygen atoms in total. The van der Waals surface area contributed by atoms with Crippen LogP contribution in [0.5, 0.6) is 5.75 Å². The number of para-hydroxylation sites is 1. The smallest absolute Gasteiger partial charge is 0.261 e. The van der Waals surface area contributed by atoms with Crippen LogP contribution >= 0.6 is 35.0 Å². The molecule has 26 heavy (non-hydrogen) atoms. The number of hydrogen-bond acceptors (Lipinski definition) is 3. The second kappa shape index (κ2) is 10.7. The normalized spacial score (nSPS) is 11.8. The highest BCUT2D eigenvalue weighted by Gasteiger charge is 2.19. The van der Waals surface area contributed by atoms with Gasteiger partial charge in [0.05, 0.1) is 5.02 Å². The highest BCUT2D eigenvalue weighted by molar-refractivity contribution is 7.98. The summed E-state index contributed by atoms with van der Waals surface area (Å²) in [5, 5.41) is 3.72. The van der Waals surface area contributed by atoms with Crippen LogP contribution in [0.4, 0.5) is 4.39 Å². The highest BCUT2D eigenvalue weighted by Crippen LogP contribution is 2.25. The number of nitrogens with one attached hydrogen (secondary N) is 1. The first-order chi connectivity index (χ1) is 12.5. The van der Waals surface area contributed by atoms with E-state index in [0.29, 0.717) is 45.8 Å². The first-order valence-corrected chi connectivity index (χ1v) is 10.1. The second-order valence-corrected chi connectivity index (χ2v) is 7.41. The summed E-state index contributed by atoms with van der Waals surface area (Å²) >= 11 is 13.6. The average Bonchev–Trinajstić information content (AvgIpc) is 2.62. The van der Waals surface area contributed by atoms with Gasteiger partial charge in [0.2, 0.25) is 0 Å². The molecule has 7 heteroatoms. The van der Waals surface area contributed by atoms with Gasteiger partial charge in [-0.05, 0) is 30.7 Å². The lowest BCUT2D eigenvalue weighted by Gasteiger charge is -2.18. The summed E-state index contributed by atoms with van der Waals surface area (Å²) < 4.78 is 19.4. The topological polar surface area (TPSA) is 38.3 Å². The zero-order valence-corrected chi connectivity index (χ0v) is 16.6. The molecule has 0 heterocycles. The maximum atomic E-state index is 13.7. The SMILES string of the molecule is CC[C@@H](Oc1ccccc1Cl)C(=O)NCCSCc1c(F)cccc1Cl. The van der Waals surface area contributed by atoms with Gasteiger partial charge < -0.3 is 10.1 Å². The Morgan fingerprint density at radius 3 is 2.62 bits per heavy atom. The number of carbonyl (C=O) groups excluding carboxylic acids is 1. The molecule has 1 N–H and O–H groups in total. The van der Waals surface area contributed by atoms with Crippen LogP contribution < -0.4 is 10.1 Å². The Balaban J connectivity index is 1.76. The Labute approximate surface area is 167 Å². The van der Waals surface area contributed by atoms with Crippen molar-refractivity contribution in [3.05, 3.63) is 63.9 Å². The first-order valence-electron chi connectivity index (χ1n) is 8.22. The molecule has 0 aliphatic rings. The lowest BCUT2D eigenvalue weighted by molar-refractivity contribution is -0.127. The third-order valence-electron chi connectivity index (χ3n) is 3.62. The molecule has 0 saturated carbocycles. The van der Waals surface area contributed by atoms with E-state index in [1.807, 2.05) is 6.92 Å². The van der Waals surface area contributed by atoms with E-state index in [1.54, 1.807) is 36.4 Å². The minimum atomic E-state index is -0.610. The fraction of sp³-hybridized carbons (Fsp3) is 0.316. The van der Waals surface area contributed by atoms with Gasteiger partial charge in [0.15, 0.2) is 6.10 Å². The van der Waals surface area contributed by atoms with Crippen molar-refractivity contribution in [2.75, 3.05) is 12.3 Å². The van der Waals surface area contributed by atoms with Crippen LogP contribution in [0, 0.1) is 5.82 Å². The Kier molecular flexibility index (Phi) is 8.55. The number of rotatable bonds is 9. The molecule has 0 bridgehead atoms. The Bertz CT molecular complexity index is 725. The van der Waals surface area contributed by atoms with Crippen molar-refractivity contribution in [3.8, 4) is 5.75 Å². The number of benzene rings is 2. The third-order valence-corrected chi connectivity index (χ3v) is 5.27. The van der Waals surface area contributed by atoms with Crippen molar-refractivity contribution in [2.45, 2.75) is 25.2 Å². The molecule has 0 radical (unpaired) electrons. The van der Waals surface area contributed by atoms with Gasteiger partial charge in [-0.2, -0.15) is 11.8 Å². The summed E-state index contributed by atoms with van der Waals surface area (Å²) in [6, 6.07) is 11.7. The number of carbonyl (C=O) groups is 1. The third kappa shape index (κ3) is 6.08. The Hall–Kier alpha value is -1.43. The first kappa shape index (κ1) is 20.9. The highest BCUT2D eigenvalue weighted by atomic mass is 35.5. The van der Waals surface area contributed by atoms with Gasteiger partial charge in [-0.15, -0.1) is 0 Å². The molecule has 0 unspecified atom stereocenters. The monoisotopic (exact) mass is 415 g/mol. The van der Waals surface area contributed by atoms with Crippen molar-refractivity contribution in [1.29, 1.82) is 0 Å². The van der Waals surface area contributed by atoms with Crippen molar-refractivity contribution in [3.63, 3.8) is 0 Å². The van der Waals surface area contributed by atoms with Crippen LogP contribution in [0.1, 0.15) is 18.9 Å². The standard InChI is InChI=1S/C19H20Cl2FNO2S/c1-2-17(25-18-9-4-3-6-15(18)21)19(24)23-10-11-26-12-13-14(20)7-5-8-16(13)22/h3-9,17H,2,10-12H2,1H3,(H,23,24)/t17-/m1/s1. The molecule has 0 fully saturated rings. The molecule has 1 amide bonds. The summed E-state index contributed by atoms with van der Waals surface area (Å²) in [7, 11) is 0. The number of hydrogen-bond donors (Lipinski definition) is 1. The number of halogens is 3. The van der Waals surface area contributed by atoms with Gasteiger partial charge in [0.25, 0.3) is 5.91 Å². The fourth-order valence-corrected chi connectivity index (χ4v) is 3.60. The largest absolute Gasteiger partial charge is 0.479 e. The van der Waals surface area contributed by atoms with Gasteiger partial charge in [-0.3, -0.25) is 4.79 Å². The van der Waals surface area contributed by atoms with Gasteiger partial charge >= 0.3 is 0 Å². The molecule has 0 aliphatic heterocycles. The Morgan fingerprint density at radius 2 is 1.92 bits per heavy atom. The van der Waals surface area contributed by atoms with Crippen molar-refractivity contribution in [1.82, 2.24) is 5.32 Å². The Morgan fingerprint density at radius 1 is 1.19 bits per heavy atom. The predicted molar refractivity (Wildman–Crippen MR) is 107 cm³/mol. The average molecular weight is 416 g/mol. The van der Waals surface area contributed by atoms with E-state index in [0.717, 1.165) is 0 Å². The minimum absolute atomic E-state index is 0.197. The second-order valence-electron chi connectivity index (χ2n) is 5.49. The molecular weight excluding hydrogens is 396 g/mol. The van der Waals surface area contributed by atoms with Crippen LogP contribution in [0.15, 0.2) is 42.5 Å². The van der Waals surface area contributed by atoms with E-state index in [1.165, 1.54) is 17.8 Å². The maximum Gasteiger partial charge on any atom is 0.261 e. The van der Waals surface area contributed by atoms with Gasteiger partial charge in [0, 0.05) is 28.6 Å². The summed E-state index contributed by atoms with van der Waals surface area (Å²) in [6.07, 6.45) is -0.0874. The summed E-state index contributed by atoms with van der Waals surface area (Å²) in [6.45, 7) is 2.33. The molecule has 2 aromatic carbocycles. The maximum absolute atomic E-state index is 13.7. The summed E-state index contributed by atoms with van der Waals surface area (Å²) in [4.78, 5) is 12.3. The number of thioether (sulfide) groups is 1. The fourth-order valence-electron chi connectivity index (χ4n) is 2.22. The van der Waals surface area contributed by atoms with Crippen molar-refractivity contribution in [2.24, 2.45) is 0 Å². The van der Waals surface area contributed by atoms with Gasteiger partial charge in [0.1, 0.15) is 11.6 Å². The summed E-state index contributed by atoms with van der Waals surface area (Å²) in [5.41, 5.74) is 0.485.